The van der Waals surface area contributed by atoms with E-state index >= 15 is 0 Å². The molecule has 1 saturated heterocycles. The summed E-state index contributed by atoms with van der Waals surface area (Å²) in [5.41, 5.74) is -0.545. The van der Waals surface area contributed by atoms with E-state index in [-0.39, 0.29) is 29.1 Å². The van der Waals surface area contributed by atoms with Crippen molar-refractivity contribution >= 4 is 12.0 Å². The second-order valence-corrected chi connectivity index (χ2v) is 11.1. The molecule has 1 atom stereocenters. The summed E-state index contributed by atoms with van der Waals surface area (Å²) in [7, 11) is 0. The van der Waals surface area contributed by atoms with Crippen molar-refractivity contribution in [1.82, 2.24) is 16.0 Å². The van der Waals surface area contributed by atoms with Crippen LogP contribution in [0.5, 0.6) is 0 Å². The van der Waals surface area contributed by atoms with Crippen molar-refractivity contribution in [3.63, 3.8) is 0 Å². The molecule has 0 saturated carbocycles. The van der Waals surface area contributed by atoms with E-state index in [9.17, 15) is 9.59 Å². The minimum atomic E-state index is -0.535. The highest BCUT2D eigenvalue weighted by Gasteiger charge is 2.38. The molecule has 1 heterocycles. The predicted octanol–water partition coefficient (Wildman–Crippen LogP) is 4.30. The summed E-state index contributed by atoms with van der Waals surface area (Å²) in [6.45, 7) is 18.4. The molecule has 0 aromatic rings. The minimum absolute atomic E-state index is 0.00473. The molecule has 0 bridgehead atoms. The highest BCUT2D eigenvalue weighted by Crippen LogP contribution is 2.28. The van der Waals surface area contributed by atoms with E-state index in [1.165, 1.54) is 0 Å². The van der Waals surface area contributed by atoms with Crippen LogP contribution < -0.4 is 16.0 Å². The van der Waals surface area contributed by atoms with Crippen molar-refractivity contribution in [1.29, 1.82) is 0 Å². The van der Waals surface area contributed by atoms with Crippen molar-refractivity contribution in [3.05, 3.63) is 12.2 Å². The SMILES string of the molecule is CC(C)C[C@@H](/C=C/CC(=O)NC1CC(C)(C)NC(C)(C)C1)NC(=O)OC(C)(C)C. The van der Waals surface area contributed by atoms with Gasteiger partial charge in [0.2, 0.25) is 5.91 Å². The van der Waals surface area contributed by atoms with Gasteiger partial charge in [0, 0.05) is 23.5 Å². The molecular formula is C23H43N3O3. The molecule has 1 aliphatic heterocycles. The van der Waals surface area contributed by atoms with E-state index in [4.69, 9.17) is 4.74 Å². The van der Waals surface area contributed by atoms with E-state index in [1.54, 1.807) is 0 Å². The highest BCUT2D eigenvalue weighted by molar-refractivity contribution is 5.77. The number of carbonyl (C=O) groups excluding carboxylic acids is 2. The minimum Gasteiger partial charge on any atom is -0.444 e. The van der Waals surface area contributed by atoms with Crippen LogP contribution in [0.4, 0.5) is 4.79 Å². The molecule has 6 heteroatoms. The summed E-state index contributed by atoms with van der Waals surface area (Å²) in [6.07, 6.45) is 6.21. The lowest BCUT2D eigenvalue weighted by Crippen LogP contribution is -2.62. The van der Waals surface area contributed by atoms with Gasteiger partial charge in [-0.05, 0) is 73.6 Å². The number of alkyl carbamates (subject to hydrolysis) is 1. The van der Waals surface area contributed by atoms with Crippen molar-refractivity contribution in [2.45, 2.75) is 117 Å². The molecule has 0 radical (unpaired) electrons. The van der Waals surface area contributed by atoms with Crippen LogP contribution in [0.3, 0.4) is 0 Å². The first kappa shape index (κ1) is 25.5. The molecule has 1 rings (SSSR count). The van der Waals surface area contributed by atoms with Crippen molar-refractivity contribution in [2.75, 3.05) is 0 Å². The Morgan fingerprint density at radius 2 is 1.69 bits per heavy atom. The second-order valence-electron chi connectivity index (χ2n) is 11.1. The van der Waals surface area contributed by atoms with Crippen molar-refractivity contribution in [3.8, 4) is 0 Å². The summed E-state index contributed by atoms with van der Waals surface area (Å²) >= 11 is 0. The van der Waals surface area contributed by atoms with Gasteiger partial charge in [-0.25, -0.2) is 4.79 Å². The lowest BCUT2D eigenvalue weighted by atomic mass is 9.79. The molecule has 1 fully saturated rings. The van der Waals surface area contributed by atoms with Gasteiger partial charge in [0.05, 0.1) is 6.04 Å². The van der Waals surface area contributed by atoms with Crippen LogP contribution in [0.1, 0.15) is 88.0 Å². The largest absolute Gasteiger partial charge is 0.444 e. The third-order valence-electron chi connectivity index (χ3n) is 4.65. The number of carbonyl (C=O) groups is 2. The van der Waals surface area contributed by atoms with E-state index in [1.807, 2.05) is 32.9 Å². The van der Waals surface area contributed by atoms with Crippen LogP contribution in [-0.4, -0.2) is 40.8 Å². The van der Waals surface area contributed by atoms with Crippen LogP contribution in [0.2, 0.25) is 0 Å². The smallest absolute Gasteiger partial charge is 0.408 e. The Bertz CT molecular complexity index is 573. The number of amides is 2. The Hall–Kier alpha value is -1.56. The molecule has 3 N–H and O–H groups in total. The molecule has 2 amide bonds. The molecule has 1 aliphatic rings. The van der Waals surface area contributed by atoms with Gasteiger partial charge in [-0.3, -0.25) is 4.79 Å². The number of hydrogen-bond acceptors (Lipinski definition) is 4. The molecular weight excluding hydrogens is 366 g/mol. The number of rotatable bonds is 7. The first-order valence-electron chi connectivity index (χ1n) is 10.8. The zero-order chi connectivity index (χ0) is 22.5. The number of hydrogen-bond donors (Lipinski definition) is 3. The third-order valence-corrected chi connectivity index (χ3v) is 4.65. The molecule has 168 valence electrons. The van der Waals surface area contributed by atoms with Gasteiger partial charge in [0.1, 0.15) is 5.60 Å². The van der Waals surface area contributed by atoms with Gasteiger partial charge in [-0.2, -0.15) is 0 Å². The lowest BCUT2D eigenvalue weighted by molar-refractivity contribution is -0.121. The first-order valence-corrected chi connectivity index (χ1v) is 10.8. The van der Waals surface area contributed by atoms with Crippen LogP contribution in [0, 0.1) is 5.92 Å². The average molecular weight is 410 g/mol. The summed E-state index contributed by atoms with van der Waals surface area (Å²) in [6, 6.07) is 0.00268. The fourth-order valence-electron chi connectivity index (χ4n) is 4.20. The Kier molecular flexibility index (Phi) is 8.75. The average Bonchev–Trinajstić information content (AvgIpc) is 2.40. The van der Waals surface area contributed by atoms with Crippen LogP contribution in [-0.2, 0) is 9.53 Å². The maximum absolute atomic E-state index is 12.5. The maximum atomic E-state index is 12.5. The summed E-state index contributed by atoms with van der Waals surface area (Å²) in [5, 5.41) is 9.70. The molecule has 0 unspecified atom stereocenters. The molecule has 0 aromatic carbocycles. The van der Waals surface area contributed by atoms with Crippen LogP contribution in [0.15, 0.2) is 12.2 Å². The summed E-state index contributed by atoms with van der Waals surface area (Å²) < 4.78 is 5.35. The maximum Gasteiger partial charge on any atom is 0.408 e. The fraction of sp³-hybridized carbons (Fsp3) is 0.826. The monoisotopic (exact) mass is 409 g/mol. The van der Waals surface area contributed by atoms with E-state index in [0.717, 1.165) is 19.3 Å². The zero-order valence-corrected chi connectivity index (χ0v) is 19.9. The third kappa shape index (κ3) is 11.3. The van der Waals surface area contributed by atoms with Crippen LogP contribution in [0.25, 0.3) is 0 Å². The van der Waals surface area contributed by atoms with Gasteiger partial charge in [0.15, 0.2) is 0 Å². The van der Waals surface area contributed by atoms with Gasteiger partial charge < -0.3 is 20.7 Å². The Morgan fingerprint density at radius 1 is 1.14 bits per heavy atom. The van der Waals surface area contributed by atoms with Crippen molar-refractivity contribution < 1.29 is 14.3 Å². The molecule has 0 aliphatic carbocycles. The van der Waals surface area contributed by atoms with E-state index < -0.39 is 11.7 Å². The molecule has 0 aromatic heterocycles. The molecule has 6 nitrogen and oxygen atoms in total. The van der Waals surface area contributed by atoms with Crippen molar-refractivity contribution in [2.24, 2.45) is 5.92 Å². The van der Waals surface area contributed by atoms with E-state index in [2.05, 4.69) is 57.5 Å². The van der Waals surface area contributed by atoms with E-state index in [0.29, 0.717) is 12.3 Å². The highest BCUT2D eigenvalue weighted by atomic mass is 16.6. The normalized spacial score (nSPS) is 20.5. The lowest BCUT2D eigenvalue weighted by Gasteiger charge is -2.46. The number of nitrogens with one attached hydrogen (secondary N) is 3. The van der Waals surface area contributed by atoms with Gasteiger partial charge in [-0.1, -0.05) is 26.0 Å². The predicted molar refractivity (Wildman–Crippen MR) is 119 cm³/mol. The number of ether oxygens (including phenoxy) is 1. The topological polar surface area (TPSA) is 79.5 Å². The Balaban J connectivity index is 2.59. The summed E-state index contributed by atoms with van der Waals surface area (Å²) in [4.78, 5) is 24.5. The standard InChI is InChI=1S/C23H43N3O3/c1-16(2)13-17(25-20(28)29-21(3,4)5)11-10-12-19(27)24-18-14-22(6,7)26-23(8,9)15-18/h10-11,16-18,26H,12-15H2,1-9H3,(H,24,27)(H,25,28)/b11-10+/t17-/m1/s1. The molecule has 29 heavy (non-hydrogen) atoms. The summed E-state index contributed by atoms with van der Waals surface area (Å²) in [5.74, 6) is 0.424. The first-order chi connectivity index (χ1) is 13.1. The van der Waals surface area contributed by atoms with Gasteiger partial charge in [0.25, 0.3) is 0 Å². The second kappa shape index (κ2) is 9.96. The fourth-order valence-corrected chi connectivity index (χ4v) is 4.20. The Morgan fingerprint density at radius 3 is 2.17 bits per heavy atom. The van der Waals surface area contributed by atoms with Crippen LogP contribution >= 0.6 is 0 Å². The van der Waals surface area contributed by atoms with Gasteiger partial charge >= 0.3 is 6.09 Å². The number of piperidine rings is 1. The molecule has 0 spiro atoms. The van der Waals surface area contributed by atoms with Gasteiger partial charge in [-0.15, -0.1) is 0 Å². The quantitative estimate of drug-likeness (QED) is 0.548. The zero-order valence-electron chi connectivity index (χ0n) is 19.9. The Labute approximate surface area is 177 Å².